The number of anilines is 1. The Morgan fingerprint density at radius 1 is 1.19 bits per heavy atom. The Hall–Kier alpha value is -2.13. The van der Waals surface area contributed by atoms with Gasteiger partial charge in [0.2, 0.25) is 11.2 Å². The molecule has 7 heteroatoms. The third-order valence-electron chi connectivity index (χ3n) is 4.62. The van der Waals surface area contributed by atoms with Crippen LogP contribution in [-0.2, 0) is 6.54 Å². The van der Waals surface area contributed by atoms with Crippen molar-refractivity contribution in [3.05, 3.63) is 75.4 Å². The van der Waals surface area contributed by atoms with E-state index in [2.05, 4.69) is 52.8 Å². The highest BCUT2D eigenvalue weighted by Crippen LogP contribution is 2.46. The second-order valence-electron chi connectivity index (χ2n) is 6.11. The van der Waals surface area contributed by atoms with E-state index >= 15 is 0 Å². The molecule has 0 radical (unpaired) electrons. The van der Waals surface area contributed by atoms with Crippen LogP contribution in [0.5, 0.6) is 0 Å². The van der Waals surface area contributed by atoms with Crippen LogP contribution in [0.3, 0.4) is 0 Å². The van der Waals surface area contributed by atoms with Crippen LogP contribution < -0.4 is 33.4 Å². The van der Waals surface area contributed by atoms with Crippen molar-refractivity contribution >= 4 is 40.1 Å². The number of non-ortho nitro benzene ring substituents is 1. The van der Waals surface area contributed by atoms with Crippen molar-refractivity contribution in [2.24, 2.45) is 0 Å². The van der Waals surface area contributed by atoms with Crippen LogP contribution in [0.15, 0.2) is 64.5 Å². The maximum atomic E-state index is 11.0. The maximum absolute atomic E-state index is 11.0. The molecule has 1 aliphatic heterocycles. The van der Waals surface area contributed by atoms with Crippen LogP contribution in [0.1, 0.15) is 12.6 Å². The molecule has 0 bridgehead atoms. The van der Waals surface area contributed by atoms with Crippen molar-refractivity contribution in [2.75, 3.05) is 11.9 Å². The van der Waals surface area contributed by atoms with E-state index in [0.29, 0.717) is 0 Å². The first-order valence-electron chi connectivity index (χ1n) is 8.42. The van der Waals surface area contributed by atoms with E-state index < -0.39 is 0 Å². The quantitative estimate of drug-likeness (QED) is 0.242. The molecule has 0 saturated carbocycles. The first-order chi connectivity index (χ1) is 12.6. The lowest BCUT2D eigenvalue weighted by atomic mass is 10.2. The van der Waals surface area contributed by atoms with Gasteiger partial charge in [0.05, 0.1) is 15.6 Å². The molecule has 0 N–H and O–H groups in total. The van der Waals surface area contributed by atoms with Gasteiger partial charge in [-0.25, -0.2) is 0 Å². The van der Waals surface area contributed by atoms with E-state index in [1.54, 1.807) is 23.9 Å². The predicted molar refractivity (Wildman–Crippen MR) is 105 cm³/mol. The molecule has 0 saturated heterocycles. The molecule has 0 amide bonds. The number of nitro groups is 1. The van der Waals surface area contributed by atoms with Crippen LogP contribution in [-0.4, -0.2) is 12.0 Å². The Bertz CT molecular complexity index is 1070. The van der Waals surface area contributed by atoms with E-state index in [9.17, 15) is 10.1 Å². The van der Waals surface area contributed by atoms with E-state index in [4.69, 9.17) is 0 Å². The molecule has 0 unspecified atom stereocenters. The summed E-state index contributed by atoms with van der Waals surface area (Å²) in [6.07, 6.45) is 2.15. The van der Waals surface area contributed by atoms with E-state index in [-0.39, 0.29) is 34.6 Å². The average Bonchev–Trinajstić information content (AvgIpc) is 2.96. The molecular formula is C20H18IN3O2S. The van der Waals surface area contributed by atoms with Gasteiger partial charge in [-0.1, -0.05) is 23.9 Å². The van der Waals surface area contributed by atoms with Gasteiger partial charge in [0, 0.05) is 47.7 Å². The lowest BCUT2D eigenvalue weighted by Crippen LogP contribution is -3.00. The van der Waals surface area contributed by atoms with Crippen molar-refractivity contribution in [1.82, 2.24) is 0 Å². The summed E-state index contributed by atoms with van der Waals surface area (Å²) in [5, 5.41) is 13.3. The molecule has 0 aliphatic carbocycles. The molecule has 138 valence electrons. The number of aromatic nitrogens is 1. The summed E-state index contributed by atoms with van der Waals surface area (Å²) >= 11 is 1.56. The second kappa shape index (κ2) is 7.85. The van der Waals surface area contributed by atoms with Gasteiger partial charge in [-0.05, 0) is 25.1 Å². The summed E-state index contributed by atoms with van der Waals surface area (Å²) in [7, 11) is 1.99. The Balaban J connectivity index is 0.00000210. The fourth-order valence-corrected chi connectivity index (χ4v) is 4.41. The lowest BCUT2D eigenvalue weighted by molar-refractivity contribution is -0.669. The number of halogens is 1. The molecule has 0 spiro atoms. The number of benzene rings is 2. The van der Waals surface area contributed by atoms with Gasteiger partial charge in [0.25, 0.3) is 5.69 Å². The summed E-state index contributed by atoms with van der Waals surface area (Å²) in [5.41, 5.74) is 3.43. The smallest absolute Gasteiger partial charge is 0.270 e. The second-order valence-corrected chi connectivity index (χ2v) is 7.18. The molecule has 4 rings (SSSR count). The van der Waals surface area contributed by atoms with Crippen molar-refractivity contribution in [3.63, 3.8) is 0 Å². The van der Waals surface area contributed by atoms with Crippen molar-refractivity contribution in [3.8, 4) is 0 Å². The summed E-state index contributed by atoms with van der Waals surface area (Å²) in [6, 6.07) is 17.6. The van der Waals surface area contributed by atoms with Gasteiger partial charge < -0.3 is 28.9 Å². The van der Waals surface area contributed by atoms with Crippen LogP contribution in [0, 0.1) is 10.1 Å². The van der Waals surface area contributed by atoms with Gasteiger partial charge in [-0.2, -0.15) is 4.57 Å². The minimum atomic E-state index is -0.350. The number of pyridine rings is 1. The zero-order valence-electron chi connectivity index (χ0n) is 14.9. The molecule has 1 aliphatic rings. The first kappa shape index (κ1) is 19.6. The molecule has 2 heterocycles. The topological polar surface area (TPSA) is 50.3 Å². The highest BCUT2D eigenvalue weighted by Gasteiger charge is 2.25. The van der Waals surface area contributed by atoms with Crippen LogP contribution in [0.4, 0.5) is 11.4 Å². The van der Waals surface area contributed by atoms with Gasteiger partial charge in [-0.3, -0.25) is 10.1 Å². The fraction of sp³-hybridized carbons (Fsp3) is 0.150. The Labute approximate surface area is 178 Å². The van der Waals surface area contributed by atoms with Crippen LogP contribution in [0.2, 0.25) is 0 Å². The predicted octanol–water partition coefficient (Wildman–Crippen LogP) is 1.60. The zero-order valence-corrected chi connectivity index (χ0v) is 17.9. The molecule has 27 heavy (non-hydrogen) atoms. The number of hydrogen-bond acceptors (Lipinski definition) is 4. The van der Waals surface area contributed by atoms with Crippen molar-refractivity contribution in [2.45, 2.75) is 18.4 Å². The zero-order chi connectivity index (χ0) is 18.3. The monoisotopic (exact) mass is 491 g/mol. The number of thioether (sulfide) groups is 1. The highest BCUT2D eigenvalue weighted by atomic mass is 127. The number of hydrogen-bond donors (Lipinski definition) is 0. The lowest BCUT2D eigenvalue weighted by Gasteiger charge is -2.13. The van der Waals surface area contributed by atoms with Crippen molar-refractivity contribution < 1.29 is 33.5 Å². The third-order valence-corrected chi connectivity index (χ3v) is 5.77. The molecule has 1 aromatic heterocycles. The largest absolute Gasteiger partial charge is 1.00 e. The highest BCUT2D eigenvalue weighted by molar-refractivity contribution is 8.03. The molecule has 0 atom stereocenters. The van der Waals surface area contributed by atoms with Gasteiger partial charge in [0.15, 0.2) is 0 Å². The summed E-state index contributed by atoms with van der Waals surface area (Å²) in [4.78, 5) is 13.7. The maximum Gasteiger partial charge on any atom is 0.270 e. The Morgan fingerprint density at radius 2 is 1.96 bits per heavy atom. The number of para-hydroxylation sites is 1. The minimum absolute atomic E-state index is 0. The molecule has 3 aromatic rings. The Kier molecular flexibility index (Phi) is 5.71. The normalized spacial score (nSPS) is 14.3. The van der Waals surface area contributed by atoms with Gasteiger partial charge >= 0.3 is 0 Å². The number of nitro benzene ring substituents is 1. The van der Waals surface area contributed by atoms with E-state index in [1.165, 1.54) is 10.9 Å². The first-order valence-corrected chi connectivity index (χ1v) is 9.23. The van der Waals surface area contributed by atoms with Crippen molar-refractivity contribution in [1.29, 1.82) is 0 Å². The van der Waals surface area contributed by atoms with Gasteiger partial charge in [0.1, 0.15) is 6.54 Å². The number of rotatable bonds is 3. The molecule has 0 fully saturated rings. The standard InChI is InChI=1S/C20H18N3O2S.HI/c1-3-22-15(9-8-14-6-4-5-7-17(14)22)13-20-21(2)18-11-10-16(23(24)25)12-19(18)26-20;/h4-13H,3H2,1-2H3;1H/q+1;/p-1. The SMILES string of the molecule is CC[n+]1c(/C=C2\Sc3cc([N+](=O)[O-])ccc3N2C)ccc2ccccc21.[I-]. The van der Waals surface area contributed by atoms with Crippen LogP contribution in [0.25, 0.3) is 17.0 Å². The molecular weight excluding hydrogens is 473 g/mol. The Morgan fingerprint density at radius 3 is 2.70 bits per heavy atom. The minimum Gasteiger partial charge on any atom is -1.00 e. The summed E-state index contributed by atoms with van der Waals surface area (Å²) in [6.45, 7) is 3.01. The van der Waals surface area contributed by atoms with Crippen LogP contribution >= 0.6 is 11.8 Å². The molecule has 2 aromatic carbocycles. The number of aryl methyl sites for hydroxylation is 1. The average molecular weight is 491 g/mol. The summed E-state index contributed by atoms with van der Waals surface area (Å²) in [5.74, 6) is 0. The molecule has 5 nitrogen and oxygen atoms in total. The fourth-order valence-electron chi connectivity index (χ4n) is 3.29. The number of nitrogens with zero attached hydrogens (tertiary/aromatic N) is 3. The third kappa shape index (κ3) is 3.53. The van der Waals surface area contributed by atoms with E-state index in [0.717, 1.165) is 27.9 Å². The van der Waals surface area contributed by atoms with E-state index in [1.807, 2.05) is 19.2 Å². The van der Waals surface area contributed by atoms with Gasteiger partial charge in [-0.15, -0.1) is 0 Å². The number of fused-ring (bicyclic) bond motifs is 2. The summed E-state index contributed by atoms with van der Waals surface area (Å²) < 4.78 is 2.28.